The highest BCUT2D eigenvalue weighted by molar-refractivity contribution is 9.10. The number of rotatable bonds is 8. The zero-order valence-corrected chi connectivity index (χ0v) is 18.8. The molecule has 29 heavy (non-hydrogen) atoms. The van der Waals surface area contributed by atoms with Gasteiger partial charge in [-0.15, -0.1) is 0 Å². The van der Waals surface area contributed by atoms with Crippen molar-refractivity contribution in [2.45, 2.75) is 40.0 Å². The maximum absolute atomic E-state index is 13.1. The molecule has 0 bridgehead atoms. The van der Waals surface area contributed by atoms with Crippen molar-refractivity contribution in [2.75, 3.05) is 18.0 Å². The smallest absolute Gasteiger partial charge is 0.282 e. The molecule has 152 valence electrons. The first-order valence-electron chi connectivity index (χ1n) is 10.2. The van der Waals surface area contributed by atoms with Crippen LogP contribution in [0, 0.1) is 0 Å². The van der Waals surface area contributed by atoms with Gasteiger partial charge in [0, 0.05) is 29.7 Å². The minimum atomic E-state index is -0.140. The van der Waals surface area contributed by atoms with Crippen LogP contribution in [-0.4, -0.2) is 29.0 Å². The molecule has 6 heteroatoms. The molecule has 0 amide bonds. The summed E-state index contributed by atoms with van der Waals surface area (Å²) in [6, 6.07) is 13.8. The number of hydrogen-bond donors (Lipinski definition) is 0. The molecule has 2 aromatic carbocycles. The van der Waals surface area contributed by atoms with Crippen molar-refractivity contribution in [1.29, 1.82) is 0 Å². The van der Waals surface area contributed by atoms with Crippen LogP contribution in [0.1, 0.15) is 45.0 Å². The number of aromatic nitrogens is 2. The Labute approximate surface area is 180 Å². The van der Waals surface area contributed by atoms with E-state index in [2.05, 4.69) is 58.8 Å². The molecular weight excluding hydrogens is 428 g/mol. The predicted octanol–water partition coefficient (Wildman–Crippen LogP) is 5.23. The van der Waals surface area contributed by atoms with Gasteiger partial charge in [0.25, 0.3) is 5.56 Å². The second-order valence-corrected chi connectivity index (χ2v) is 7.83. The quantitative estimate of drug-likeness (QED) is 0.437. The van der Waals surface area contributed by atoms with Crippen LogP contribution in [-0.2, 0) is 6.42 Å². The van der Waals surface area contributed by atoms with Crippen LogP contribution in [0.15, 0.2) is 56.8 Å². The molecule has 0 aliphatic carbocycles. The summed E-state index contributed by atoms with van der Waals surface area (Å²) in [4.78, 5) is 20.1. The fourth-order valence-corrected chi connectivity index (χ4v) is 3.66. The number of halogens is 1. The molecule has 1 heterocycles. The van der Waals surface area contributed by atoms with Crippen molar-refractivity contribution < 1.29 is 0 Å². The van der Waals surface area contributed by atoms with Gasteiger partial charge in [0.1, 0.15) is 5.82 Å². The predicted molar refractivity (Wildman–Crippen MR) is 125 cm³/mol. The molecule has 5 nitrogen and oxygen atoms in total. The van der Waals surface area contributed by atoms with Crippen LogP contribution in [0.25, 0.3) is 10.9 Å². The van der Waals surface area contributed by atoms with Crippen LogP contribution in [0.4, 0.5) is 5.69 Å². The molecule has 0 unspecified atom stereocenters. The Bertz CT molecular complexity index is 1050. The molecule has 1 aromatic heterocycles. The second-order valence-electron chi connectivity index (χ2n) is 6.92. The molecule has 0 aliphatic heterocycles. The Kier molecular flexibility index (Phi) is 7.20. The van der Waals surface area contributed by atoms with Crippen LogP contribution >= 0.6 is 15.9 Å². The third-order valence-corrected chi connectivity index (χ3v) is 5.47. The highest BCUT2D eigenvalue weighted by atomic mass is 79.9. The molecule has 0 atom stereocenters. The van der Waals surface area contributed by atoms with Crippen molar-refractivity contribution in [2.24, 2.45) is 5.10 Å². The van der Waals surface area contributed by atoms with E-state index in [1.807, 2.05) is 24.3 Å². The minimum absolute atomic E-state index is 0.140. The van der Waals surface area contributed by atoms with Gasteiger partial charge in [0.15, 0.2) is 0 Å². The molecule has 0 saturated carbocycles. The van der Waals surface area contributed by atoms with E-state index in [4.69, 9.17) is 4.98 Å². The van der Waals surface area contributed by atoms with E-state index >= 15 is 0 Å². The van der Waals surface area contributed by atoms with Crippen LogP contribution in [0.5, 0.6) is 0 Å². The third kappa shape index (κ3) is 4.93. The molecule has 0 saturated heterocycles. The lowest BCUT2D eigenvalue weighted by Gasteiger charge is -2.20. The van der Waals surface area contributed by atoms with Gasteiger partial charge >= 0.3 is 0 Å². The lowest BCUT2D eigenvalue weighted by atomic mass is 10.2. The summed E-state index contributed by atoms with van der Waals surface area (Å²) in [5.41, 5.74) is 2.70. The Morgan fingerprint density at radius 3 is 2.48 bits per heavy atom. The van der Waals surface area contributed by atoms with Gasteiger partial charge in [0.2, 0.25) is 0 Å². The van der Waals surface area contributed by atoms with E-state index in [1.165, 1.54) is 10.4 Å². The van der Waals surface area contributed by atoms with Gasteiger partial charge in [-0.05, 0) is 56.2 Å². The van der Waals surface area contributed by atoms with Gasteiger partial charge in [-0.1, -0.05) is 41.4 Å². The summed E-state index contributed by atoms with van der Waals surface area (Å²) >= 11 is 3.44. The van der Waals surface area contributed by atoms with E-state index in [0.29, 0.717) is 16.7 Å². The lowest BCUT2D eigenvalue weighted by Crippen LogP contribution is -2.22. The normalized spacial score (nSPS) is 11.4. The second kappa shape index (κ2) is 9.83. The first-order valence-corrected chi connectivity index (χ1v) is 11.0. The number of nitrogens with zero attached hydrogens (tertiary/aromatic N) is 4. The SMILES string of the molecule is CCCCc1nc2ccc(Br)cc2c(=O)n1N=Cc1ccc(N(CC)CC)cc1. The topological polar surface area (TPSA) is 50.5 Å². The summed E-state index contributed by atoms with van der Waals surface area (Å²) in [6.45, 7) is 8.36. The van der Waals surface area contributed by atoms with E-state index in [-0.39, 0.29) is 5.56 Å². The zero-order chi connectivity index (χ0) is 20.8. The highest BCUT2D eigenvalue weighted by Gasteiger charge is 2.11. The summed E-state index contributed by atoms with van der Waals surface area (Å²) in [7, 11) is 0. The lowest BCUT2D eigenvalue weighted by molar-refractivity contribution is 0.675. The molecule has 0 spiro atoms. The van der Waals surface area contributed by atoms with Gasteiger partial charge in [-0.2, -0.15) is 9.78 Å². The molecule has 0 fully saturated rings. The monoisotopic (exact) mass is 454 g/mol. The largest absolute Gasteiger partial charge is 0.372 e. The number of benzene rings is 2. The fourth-order valence-electron chi connectivity index (χ4n) is 3.29. The van der Waals surface area contributed by atoms with E-state index in [0.717, 1.165) is 42.4 Å². The van der Waals surface area contributed by atoms with Crippen molar-refractivity contribution in [3.8, 4) is 0 Å². The number of hydrogen-bond acceptors (Lipinski definition) is 4. The molecule has 3 aromatic rings. The Balaban J connectivity index is 1.99. The van der Waals surface area contributed by atoms with Gasteiger partial charge in [-0.3, -0.25) is 4.79 Å². The van der Waals surface area contributed by atoms with Gasteiger partial charge < -0.3 is 4.90 Å². The molecule has 0 aliphatic rings. The van der Waals surface area contributed by atoms with Crippen molar-refractivity contribution in [3.05, 3.63) is 68.7 Å². The first-order chi connectivity index (χ1) is 14.1. The van der Waals surface area contributed by atoms with Crippen molar-refractivity contribution >= 4 is 38.7 Å². The maximum Gasteiger partial charge on any atom is 0.282 e. The Morgan fingerprint density at radius 2 is 1.83 bits per heavy atom. The number of anilines is 1. The van der Waals surface area contributed by atoms with Crippen molar-refractivity contribution in [3.63, 3.8) is 0 Å². The number of unbranched alkanes of at least 4 members (excludes halogenated alkanes) is 1. The average molecular weight is 455 g/mol. The zero-order valence-electron chi connectivity index (χ0n) is 17.2. The highest BCUT2D eigenvalue weighted by Crippen LogP contribution is 2.17. The fraction of sp³-hybridized carbons (Fsp3) is 0.348. The average Bonchev–Trinajstić information content (AvgIpc) is 2.74. The maximum atomic E-state index is 13.1. The van der Waals surface area contributed by atoms with E-state index in [1.54, 1.807) is 12.3 Å². The van der Waals surface area contributed by atoms with Gasteiger partial charge in [0.05, 0.1) is 17.1 Å². The van der Waals surface area contributed by atoms with E-state index < -0.39 is 0 Å². The molecular formula is C23H27BrN4O. The Hall–Kier alpha value is -2.47. The van der Waals surface area contributed by atoms with Gasteiger partial charge in [-0.25, -0.2) is 4.98 Å². The van der Waals surface area contributed by atoms with Crippen LogP contribution in [0.3, 0.4) is 0 Å². The summed E-state index contributed by atoms with van der Waals surface area (Å²) < 4.78 is 2.30. The summed E-state index contributed by atoms with van der Waals surface area (Å²) in [6.07, 6.45) is 4.44. The minimum Gasteiger partial charge on any atom is -0.372 e. The van der Waals surface area contributed by atoms with Crippen LogP contribution < -0.4 is 10.5 Å². The number of fused-ring (bicyclic) bond motifs is 1. The summed E-state index contributed by atoms with van der Waals surface area (Å²) in [5, 5.41) is 5.07. The van der Waals surface area contributed by atoms with E-state index in [9.17, 15) is 4.79 Å². The summed E-state index contributed by atoms with van der Waals surface area (Å²) in [5.74, 6) is 0.697. The number of aryl methyl sites for hydroxylation is 1. The molecule has 0 radical (unpaired) electrons. The standard InChI is InChI=1S/C23H27BrN4O/c1-4-7-8-22-26-21-14-11-18(24)15-20(21)23(29)28(22)25-16-17-9-12-19(13-10-17)27(5-2)6-3/h9-16H,4-8H2,1-3H3. The molecule has 3 rings (SSSR count). The first kappa shape index (κ1) is 21.2. The Morgan fingerprint density at radius 1 is 1.10 bits per heavy atom. The van der Waals surface area contributed by atoms with Crippen molar-refractivity contribution in [1.82, 2.24) is 9.66 Å². The third-order valence-electron chi connectivity index (χ3n) is 4.97. The molecule has 0 N–H and O–H groups in total. The van der Waals surface area contributed by atoms with Crippen LogP contribution in [0.2, 0.25) is 0 Å².